The molecule has 2 aromatic rings. The first kappa shape index (κ1) is 10.0. The summed E-state index contributed by atoms with van der Waals surface area (Å²) in [6, 6.07) is 1.77. The lowest BCUT2D eigenvalue weighted by atomic mass is 9.78. The SMILES string of the molecule is Bc1c(B)c(O)c2oc(CC)cc2c1O. The number of rotatable bonds is 1. The van der Waals surface area contributed by atoms with Crippen molar-refractivity contribution in [2.75, 3.05) is 0 Å². The third kappa shape index (κ3) is 1.30. The molecule has 0 atom stereocenters. The van der Waals surface area contributed by atoms with Gasteiger partial charge in [0.25, 0.3) is 0 Å². The molecule has 1 aromatic heterocycles. The maximum atomic E-state index is 9.90. The summed E-state index contributed by atoms with van der Waals surface area (Å²) in [6.45, 7) is 1.96. The Morgan fingerprint density at radius 2 is 1.80 bits per heavy atom. The first-order chi connectivity index (χ1) is 7.06. The molecule has 0 aliphatic heterocycles. The minimum Gasteiger partial charge on any atom is -0.508 e. The van der Waals surface area contributed by atoms with Gasteiger partial charge in [0.05, 0.1) is 5.39 Å². The molecule has 0 bridgehead atoms. The van der Waals surface area contributed by atoms with E-state index in [1.54, 1.807) is 21.8 Å². The Kier molecular flexibility index (Phi) is 2.18. The highest BCUT2D eigenvalue weighted by molar-refractivity contribution is 6.52. The van der Waals surface area contributed by atoms with Crippen LogP contribution < -0.4 is 10.9 Å². The van der Waals surface area contributed by atoms with Crippen LogP contribution in [0.25, 0.3) is 11.0 Å². The second kappa shape index (κ2) is 3.26. The summed E-state index contributed by atoms with van der Waals surface area (Å²) in [5, 5.41) is 20.4. The van der Waals surface area contributed by atoms with Crippen molar-refractivity contribution >= 4 is 37.6 Å². The highest BCUT2D eigenvalue weighted by atomic mass is 16.4. The van der Waals surface area contributed by atoms with Crippen molar-refractivity contribution in [3.63, 3.8) is 0 Å². The van der Waals surface area contributed by atoms with Crippen LogP contribution in [0, 0.1) is 0 Å². The van der Waals surface area contributed by atoms with Crippen LogP contribution >= 0.6 is 0 Å². The maximum absolute atomic E-state index is 9.90. The van der Waals surface area contributed by atoms with Crippen LogP contribution in [0.4, 0.5) is 0 Å². The minimum absolute atomic E-state index is 0.125. The molecule has 3 nitrogen and oxygen atoms in total. The van der Waals surface area contributed by atoms with E-state index >= 15 is 0 Å². The number of benzene rings is 1. The van der Waals surface area contributed by atoms with Crippen LogP contribution in [0.15, 0.2) is 10.5 Å². The molecule has 0 saturated heterocycles. The van der Waals surface area contributed by atoms with Gasteiger partial charge in [-0.3, -0.25) is 0 Å². The van der Waals surface area contributed by atoms with E-state index in [4.69, 9.17) is 4.42 Å². The molecule has 0 unspecified atom stereocenters. The minimum atomic E-state index is 0.125. The van der Waals surface area contributed by atoms with Crippen molar-refractivity contribution in [3.8, 4) is 11.5 Å². The van der Waals surface area contributed by atoms with Gasteiger partial charge in [0.1, 0.15) is 27.2 Å². The van der Waals surface area contributed by atoms with Crippen molar-refractivity contribution < 1.29 is 14.6 Å². The molecule has 0 aliphatic carbocycles. The zero-order valence-electron chi connectivity index (χ0n) is 9.09. The Hall–Kier alpha value is -1.51. The van der Waals surface area contributed by atoms with E-state index in [-0.39, 0.29) is 11.5 Å². The summed E-state index contributed by atoms with van der Waals surface area (Å²) in [6.07, 6.45) is 0.742. The third-order valence-corrected chi connectivity index (χ3v) is 2.87. The largest absolute Gasteiger partial charge is 0.508 e. The second-order valence-electron chi connectivity index (χ2n) is 3.76. The van der Waals surface area contributed by atoms with Gasteiger partial charge < -0.3 is 14.6 Å². The van der Waals surface area contributed by atoms with Crippen LogP contribution in [-0.2, 0) is 6.42 Å². The van der Waals surface area contributed by atoms with Crippen LogP contribution in [-0.4, -0.2) is 25.9 Å². The number of aryl methyl sites for hydroxylation is 1. The summed E-state index contributed by atoms with van der Waals surface area (Å²) >= 11 is 0. The quantitative estimate of drug-likeness (QED) is 0.456. The van der Waals surface area contributed by atoms with E-state index in [1.807, 2.05) is 6.92 Å². The van der Waals surface area contributed by atoms with Gasteiger partial charge in [0.2, 0.25) is 0 Å². The van der Waals surface area contributed by atoms with Crippen molar-refractivity contribution in [3.05, 3.63) is 11.8 Å². The van der Waals surface area contributed by atoms with Crippen LogP contribution in [0.5, 0.6) is 11.5 Å². The molecule has 0 aliphatic rings. The molecular formula is C10H12B2O3. The van der Waals surface area contributed by atoms with Crippen molar-refractivity contribution in [1.29, 1.82) is 0 Å². The zero-order valence-corrected chi connectivity index (χ0v) is 9.09. The molecule has 0 amide bonds. The van der Waals surface area contributed by atoms with Crippen molar-refractivity contribution in [2.45, 2.75) is 13.3 Å². The molecule has 0 fully saturated rings. The molecule has 2 rings (SSSR count). The zero-order chi connectivity index (χ0) is 11.2. The third-order valence-electron chi connectivity index (χ3n) is 2.87. The molecule has 0 radical (unpaired) electrons. The lowest BCUT2D eigenvalue weighted by molar-refractivity contribution is 0.458. The van der Waals surface area contributed by atoms with E-state index in [1.165, 1.54) is 0 Å². The Labute approximate surface area is 89.5 Å². The fraction of sp³-hybridized carbons (Fsp3) is 0.200. The molecular weight excluding hydrogens is 190 g/mol. The number of furan rings is 1. The molecule has 15 heavy (non-hydrogen) atoms. The molecule has 0 spiro atoms. The molecule has 0 saturated carbocycles. The number of phenols is 2. The number of aromatic hydroxyl groups is 2. The standard InChI is InChI=1S/C10H12B2O3/c1-2-4-3-5-8(13)6(11)7(12)9(14)10(5)15-4/h3,13-14H,2,11-12H2,1H3. The maximum Gasteiger partial charge on any atom is 0.178 e. The highest BCUT2D eigenvalue weighted by Crippen LogP contribution is 2.31. The summed E-state index contributed by atoms with van der Waals surface area (Å²) in [5.74, 6) is 1.09. The van der Waals surface area contributed by atoms with Crippen LogP contribution in [0.1, 0.15) is 12.7 Å². The number of fused-ring (bicyclic) bond motifs is 1. The van der Waals surface area contributed by atoms with Crippen LogP contribution in [0.3, 0.4) is 0 Å². The molecule has 1 aromatic carbocycles. The highest BCUT2D eigenvalue weighted by Gasteiger charge is 2.16. The summed E-state index contributed by atoms with van der Waals surface area (Å²) in [7, 11) is 3.54. The summed E-state index contributed by atoms with van der Waals surface area (Å²) < 4.78 is 5.45. The lowest BCUT2D eigenvalue weighted by Crippen LogP contribution is -2.26. The van der Waals surface area contributed by atoms with Gasteiger partial charge >= 0.3 is 0 Å². The molecule has 5 heteroatoms. The molecule has 76 valence electrons. The Morgan fingerprint density at radius 3 is 2.40 bits per heavy atom. The fourth-order valence-corrected chi connectivity index (χ4v) is 1.70. The van der Waals surface area contributed by atoms with Gasteiger partial charge in [-0.15, -0.1) is 0 Å². The monoisotopic (exact) mass is 202 g/mol. The predicted molar refractivity (Wildman–Crippen MR) is 65.3 cm³/mol. The van der Waals surface area contributed by atoms with Gasteiger partial charge in [0.15, 0.2) is 11.3 Å². The van der Waals surface area contributed by atoms with E-state index in [2.05, 4.69) is 0 Å². The molecule has 2 N–H and O–H groups in total. The van der Waals surface area contributed by atoms with E-state index in [9.17, 15) is 10.2 Å². The smallest absolute Gasteiger partial charge is 0.178 e. The van der Waals surface area contributed by atoms with E-state index in [0.29, 0.717) is 21.9 Å². The number of hydrogen-bond acceptors (Lipinski definition) is 3. The predicted octanol–water partition coefficient (Wildman–Crippen LogP) is -1.08. The van der Waals surface area contributed by atoms with Crippen molar-refractivity contribution in [2.24, 2.45) is 0 Å². The number of phenolic OH excluding ortho intramolecular Hbond substituents is 2. The second-order valence-corrected chi connectivity index (χ2v) is 3.76. The van der Waals surface area contributed by atoms with Crippen molar-refractivity contribution in [1.82, 2.24) is 0 Å². The molecule has 1 heterocycles. The Balaban J connectivity index is 2.90. The topological polar surface area (TPSA) is 53.6 Å². The van der Waals surface area contributed by atoms with Gasteiger partial charge in [-0.05, 0) is 17.0 Å². The van der Waals surface area contributed by atoms with Gasteiger partial charge in [-0.1, -0.05) is 6.92 Å². The Morgan fingerprint density at radius 1 is 1.20 bits per heavy atom. The first-order valence-corrected chi connectivity index (χ1v) is 4.99. The summed E-state index contributed by atoms with van der Waals surface area (Å²) in [5.41, 5.74) is 1.74. The van der Waals surface area contributed by atoms with E-state index in [0.717, 1.165) is 12.2 Å². The summed E-state index contributed by atoms with van der Waals surface area (Å²) in [4.78, 5) is 0. The fourth-order valence-electron chi connectivity index (χ4n) is 1.70. The lowest BCUT2D eigenvalue weighted by Gasteiger charge is -2.06. The number of hydrogen-bond donors (Lipinski definition) is 2. The van der Waals surface area contributed by atoms with Gasteiger partial charge in [-0.25, -0.2) is 0 Å². The Bertz CT molecular complexity index is 486. The van der Waals surface area contributed by atoms with E-state index < -0.39 is 0 Å². The van der Waals surface area contributed by atoms with Crippen LogP contribution in [0.2, 0.25) is 0 Å². The van der Waals surface area contributed by atoms with Gasteiger partial charge in [-0.2, -0.15) is 0 Å². The average molecular weight is 202 g/mol. The normalized spacial score (nSPS) is 11.0. The first-order valence-electron chi connectivity index (χ1n) is 4.99. The van der Waals surface area contributed by atoms with Gasteiger partial charge in [0, 0.05) is 6.42 Å². The average Bonchev–Trinajstić information content (AvgIpc) is 2.67.